The Kier molecular flexibility index (Phi) is 4.84. The summed E-state index contributed by atoms with van der Waals surface area (Å²) in [7, 11) is 1.60. The Bertz CT molecular complexity index is 705. The third-order valence-corrected chi connectivity index (χ3v) is 4.29. The standard InChI is InChI=1S/C18H19ClN2O2/c1-23-16-7-3-5-14(11-16)18(22)21-9-8-20-12-17(21)13-4-2-6-15(19)10-13/h2-7,10-11,17,20H,8-9,12H2,1H3. The molecule has 0 aliphatic carbocycles. The quantitative estimate of drug-likeness (QED) is 0.940. The molecule has 4 nitrogen and oxygen atoms in total. The van der Waals surface area contributed by atoms with E-state index in [0.717, 1.165) is 18.7 Å². The molecule has 1 aliphatic heterocycles. The Labute approximate surface area is 141 Å². The lowest BCUT2D eigenvalue weighted by molar-refractivity contribution is 0.0634. The molecule has 1 atom stereocenters. The van der Waals surface area contributed by atoms with E-state index in [4.69, 9.17) is 16.3 Å². The van der Waals surface area contributed by atoms with E-state index in [1.54, 1.807) is 13.2 Å². The topological polar surface area (TPSA) is 41.6 Å². The van der Waals surface area contributed by atoms with Crippen molar-refractivity contribution in [3.63, 3.8) is 0 Å². The molecule has 2 aromatic carbocycles. The molecule has 0 aromatic heterocycles. The van der Waals surface area contributed by atoms with E-state index >= 15 is 0 Å². The molecule has 0 saturated carbocycles. The van der Waals surface area contributed by atoms with Crippen LogP contribution in [0.5, 0.6) is 5.75 Å². The number of rotatable bonds is 3. The minimum Gasteiger partial charge on any atom is -0.497 e. The minimum absolute atomic E-state index is 0.00961. The van der Waals surface area contributed by atoms with Gasteiger partial charge in [-0.15, -0.1) is 0 Å². The van der Waals surface area contributed by atoms with Crippen LogP contribution in [0.3, 0.4) is 0 Å². The maximum atomic E-state index is 12.9. The number of benzene rings is 2. The summed E-state index contributed by atoms with van der Waals surface area (Å²) < 4.78 is 5.22. The van der Waals surface area contributed by atoms with Gasteiger partial charge in [0.15, 0.2) is 0 Å². The van der Waals surface area contributed by atoms with Crippen LogP contribution < -0.4 is 10.1 Å². The number of hydrogen-bond acceptors (Lipinski definition) is 3. The van der Waals surface area contributed by atoms with E-state index in [-0.39, 0.29) is 11.9 Å². The zero-order valence-electron chi connectivity index (χ0n) is 13.0. The molecule has 0 spiro atoms. The van der Waals surface area contributed by atoms with Gasteiger partial charge in [-0.05, 0) is 35.9 Å². The number of carbonyl (C=O) groups excluding carboxylic acids is 1. The van der Waals surface area contributed by atoms with E-state index in [9.17, 15) is 4.79 Å². The normalized spacial score (nSPS) is 17.8. The number of hydrogen-bond donors (Lipinski definition) is 1. The molecular weight excluding hydrogens is 312 g/mol. The molecule has 3 rings (SSSR count). The van der Waals surface area contributed by atoms with Crippen molar-refractivity contribution in [1.29, 1.82) is 0 Å². The van der Waals surface area contributed by atoms with Gasteiger partial charge in [0.05, 0.1) is 13.2 Å². The van der Waals surface area contributed by atoms with Gasteiger partial charge >= 0.3 is 0 Å². The van der Waals surface area contributed by atoms with E-state index in [2.05, 4.69) is 5.32 Å². The van der Waals surface area contributed by atoms with Crippen LogP contribution in [-0.4, -0.2) is 37.6 Å². The first-order valence-corrected chi connectivity index (χ1v) is 7.98. The lowest BCUT2D eigenvalue weighted by Crippen LogP contribution is -2.48. The fourth-order valence-electron chi connectivity index (χ4n) is 2.88. The molecule has 1 fully saturated rings. The molecule has 1 aliphatic rings. The number of ether oxygens (including phenoxy) is 1. The van der Waals surface area contributed by atoms with Gasteiger partial charge in [-0.25, -0.2) is 0 Å². The summed E-state index contributed by atoms with van der Waals surface area (Å²) in [5.74, 6) is 0.695. The van der Waals surface area contributed by atoms with Gasteiger partial charge in [-0.1, -0.05) is 29.8 Å². The molecule has 0 bridgehead atoms. The van der Waals surface area contributed by atoms with Gasteiger partial charge in [-0.2, -0.15) is 0 Å². The fraction of sp³-hybridized carbons (Fsp3) is 0.278. The number of carbonyl (C=O) groups is 1. The zero-order chi connectivity index (χ0) is 16.2. The molecule has 120 valence electrons. The number of nitrogens with one attached hydrogen (secondary N) is 1. The van der Waals surface area contributed by atoms with Crippen LogP contribution in [0.25, 0.3) is 0 Å². The fourth-order valence-corrected chi connectivity index (χ4v) is 3.08. The van der Waals surface area contributed by atoms with Gasteiger partial charge in [0.2, 0.25) is 0 Å². The lowest BCUT2D eigenvalue weighted by Gasteiger charge is -2.36. The average Bonchev–Trinajstić information content (AvgIpc) is 2.61. The van der Waals surface area contributed by atoms with Crippen LogP contribution in [0, 0.1) is 0 Å². The first-order chi connectivity index (χ1) is 11.2. The first-order valence-electron chi connectivity index (χ1n) is 7.60. The second-order valence-corrected chi connectivity index (χ2v) is 5.94. The van der Waals surface area contributed by atoms with Crippen LogP contribution in [-0.2, 0) is 0 Å². The summed E-state index contributed by atoms with van der Waals surface area (Å²) in [6, 6.07) is 14.9. The Hall–Kier alpha value is -2.04. The van der Waals surface area contributed by atoms with Crippen LogP contribution >= 0.6 is 11.6 Å². The molecule has 1 saturated heterocycles. The highest BCUT2D eigenvalue weighted by Crippen LogP contribution is 2.27. The van der Waals surface area contributed by atoms with Crippen molar-refractivity contribution < 1.29 is 9.53 Å². The second kappa shape index (κ2) is 7.02. The van der Waals surface area contributed by atoms with Gasteiger partial charge in [0.25, 0.3) is 5.91 Å². The van der Waals surface area contributed by atoms with Gasteiger partial charge in [0, 0.05) is 30.2 Å². The largest absolute Gasteiger partial charge is 0.497 e. The van der Waals surface area contributed by atoms with E-state index in [1.807, 2.05) is 47.4 Å². The summed E-state index contributed by atoms with van der Waals surface area (Å²) in [6.07, 6.45) is 0. The Morgan fingerprint density at radius 3 is 2.87 bits per heavy atom. The molecule has 23 heavy (non-hydrogen) atoms. The highest BCUT2D eigenvalue weighted by molar-refractivity contribution is 6.30. The number of nitrogens with zero attached hydrogens (tertiary/aromatic N) is 1. The van der Waals surface area contributed by atoms with Crippen molar-refractivity contribution in [3.05, 3.63) is 64.7 Å². The predicted molar refractivity (Wildman–Crippen MR) is 91.1 cm³/mol. The van der Waals surface area contributed by atoms with E-state index in [0.29, 0.717) is 22.9 Å². The monoisotopic (exact) mass is 330 g/mol. The molecule has 1 heterocycles. The first kappa shape index (κ1) is 15.8. The number of amides is 1. The van der Waals surface area contributed by atoms with Crippen LogP contribution in [0.15, 0.2) is 48.5 Å². The third kappa shape index (κ3) is 3.49. The van der Waals surface area contributed by atoms with E-state index < -0.39 is 0 Å². The number of halogens is 1. The van der Waals surface area contributed by atoms with Crippen molar-refractivity contribution in [3.8, 4) is 5.75 Å². The van der Waals surface area contributed by atoms with Gasteiger partial charge in [0.1, 0.15) is 5.75 Å². The highest BCUT2D eigenvalue weighted by atomic mass is 35.5. The maximum Gasteiger partial charge on any atom is 0.254 e. The molecule has 2 aromatic rings. The van der Waals surface area contributed by atoms with Gasteiger partial charge < -0.3 is 15.0 Å². The molecule has 1 amide bonds. The van der Waals surface area contributed by atoms with Crippen molar-refractivity contribution in [1.82, 2.24) is 10.2 Å². The second-order valence-electron chi connectivity index (χ2n) is 5.51. The van der Waals surface area contributed by atoms with Crippen molar-refractivity contribution >= 4 is 17.5 Å². The van der Waals surface area contributed by atoms with Gasteiger partial charge in [-0.3, -0.25) is 4.79 Å². The van der Waals surface area contributed by atoms with Crippen molar-refractivity contribution in [2.75, 3.05) is 26.7 Å². The number of methoxy groups -OCH3 is 1. The maximum absolute atomic E-state index is 12.9. The lowest BCUT2D eigenvalue weighted by atomic mass is 10.0. The smallest absolute Gasteiger partial charge is 0.254 e. The molecular formula is C18H19ClN2O2. The molecule has 1 N–H and O–H groups in total. The molecule has 1 unspecified atom stereocenters. The SMILES string of the molecule is COc1cccc(C(=O)N2CCNCC2c2cccc(Cl)c2)c1. The summed E-state index contributed by atoms with van der Waals surface area (Å²) in [5, 5.41) is 4.03. The van der Waals surface area contributed by atoms with Crippen molar-refractivity contribution in [2.24, 2.45) is 0 Å². The zero-order valence-corrected chi connectivity index (χ0v) is 13.7. The summed E-state index contributed by atoms with van der Waals surface area (Å²) in [4.78, 5) is 14.8. The summed E-state index contributed by atoms with van der Waals surface area (Å²) in [6.45, 7) is 2.16. The summed E-state index contributed by atoms with van der Waals surface area (Å²) >= 11 is 6.11. The molecule has 5 heteroatoms. The minimum atomic E-state index is -0.0267. The van der Waals surface area contributed by atoms with Crippen LogP contribution in [0.2, 0.25) is 5.02 Å². The Morgan fingerprint density at radius 1 is 1.26 bits per heavy atom. The average molecular weight is 331 g/mol. The predicted octanol–water partition coefficient (Wildman–Crippen LogP) is 3.14. The van der Waals surface area contributed by atoms with Crippen LogP contribution in [0.4, 0.5) is 0 Å². The van der Waals surface area contributed by atoms with Crippen LogP contribution in [0.1, 0.15) is 22.0 Å². The highest BCUT2D eigenvalue weighted by Gasteiger charge is 2.28. The third-order valence-electron chi connectivity index (χ3n) is 4.05. The van der Waals surface area contributed by atoms with E-state index in [1.165, 1.54) is 0 Å². The molecule has 0 radical (unpaired) electrons. The Balaban J connectivity index is 1.90. The Morgan fingerprint density at radius 2 is 2.09 bits per heavy atom. The summed E-state index contributed by atoms with van der Waals surface area (Å²) in [5.41, 5.74) is 1.68. The number of piperazine rings is 1. The van der Waals surface area contributed by atoms with Crippen molar-refractivity contribution in [2.45, 2.75) is 6.04 Å².